The fourth-order valence-electron chi connectivity index (χ4n) is 4.68. The number of esters is 1. The summed E-state index contributed by atoms with van der Waals surface area (Å²) in [6, 6.07) is 20.7. The predicted octanol–water partition coefficient (Wildman–Crippen LogP) is 4.15. The van der Waals surface area contributed by atoms with Crippen LogP contribution in [0.2, 0.25) is 0 Å². The lowest BCUT2D eigenvalue weighted by Crippen LogP contribution is -2.45. The van der Waals surface area contributed by atoms with Gasteiger partial charge in [-0.05, 0) is 56.2 Å². The Hall–Kier alpha value is -5.39. The summed E-state index contributed by atoms with van der Waals surface area (Å²) in [6.45, 7) is 5.37. The summed E-state index contributed by atoms with van der Waals surface area (Å²) in [5.41, 5.74) is 2.69. The first-order valence-corrected chi connectivity index (χ1v) is 14.5. The van der Waals surface area contributed by atoms with Gasteiger partial charge in [-0.15, -0.1) is 0 Å². The molecule has 45 heavy (non-hydrogen) atoms. The van der Waals surface area contributed by atoms with Crippen molar-refractivity contribution in [2.45, 2.75) is 64.5 Å². The van der Waals surface area contributed by atoms with Crippen LogP contribution in [0.5, 0.6) is 5.75 Å². The second kappa shape index (κ2) is 13.5. The normalized spacial score (nSPS) is 14.8. The number of aromatic amines is 1. The van der Waals surface area contributed by atoms with Gasteiger partial charge in [0.1, 0.15) is 29.8 Å². The fraction of sp³-hybridized carbons (Fsp3) is 0.303. The van der Waals surface area contributed by atoms with Gasteiger partial charge in [-0.25, -0.2) is 14.6 Å². The van der Waals surface area contributed by atoms with E-state index >= 15 is 0 Å². The standard InChI is InChI=1S/C33H35N5O7/c1-33(2,3)45-32(42)38-25(31(41)43-19-20-9-5-4-6-10-20)16-21-13-14-26-24(15-21)37-30(40)27(44-26)17-29(39)34-18-28-35-22-11-7-8-12-23(22)36-28/h4-15,25,27H,16-19H2,1-3H3,(H,34,39)(H,35,36)(H,37,40)(H,38,42)/t25-,27?/m0/s1. The SMILES string of the molecule is CC(C)(C)OC(=O)N[C@@H](Cc1ccc2c(c1)NC(=O)C(CC(=O)NCc1nc3ccccc3[nH]1)O2)C(=O)OCc1ccccc1. The van der Waals surface area contributed by atoms with Gasteiger partial charge in [0.2, 0.25) is 5.91 Å². The highest BCUT2D eigenvalue weighted by molar-refractivity contribution is 6.00. The number of fused-ring (bicyclic) bond motifs is 2. The Kier molecular flexibility index (Phi) is 9.31. The van der Waals surface area contributed by atoms with Crippen molar-refractivity contribution in [3.63, 3.8) is 0 Å². The zero-order chi connectivity index (χ0) is 32.0. The van der Waals surface area contributed by atoms with Crippen LogP contribution in [0.15, 0.2) is 72.8 Å². The molecule has 12 heteroatoms. The van der Waals surface area contributed by atoms with Crippen LogP contribution in [0.4, 0.5) is 10.5 Å². The Balaban J connectivity index is 1.20. The van der Waals surface area contributed by atoms with Gasteiger partial charge in [0.05, 0.1) is 29.7 Å². The van der Waals surface area contributed by atoms with Crippen molar-refractivity contribution in [1.82, 2.24) is 20.6 Å². The van der Waals surface area contributed by atoms with Gasteiger partial charge in [-0.3, -0.25) is 9.59 Å². The summed E-state index contributed by atoms with van der Waals surface area (Å²) >= 11 is 0. The topological polar surface area (TPSA) is 161 Å². The van der Waals surface area contributed by atoms with E-state index in [1.165, 1.54) is 0 Å². The van der Waals surface area contributed by atoms with Crippen molar-refractivity contribution in [2.75, 3.05) is 5.32 Å². The number of ether oxygens (including phenoxy) is 3. The van der Waals surface area contributed by atoms with E-state index in [4.69, 9.17) is 14.2 Å². The molecule has 4 aromatic rings. The minimum Gasteiger partial charge on any atom is -0.478 e. The molecule has 0 saturated heterocycles. The maximum absolute atomic E-state index is 13.1. The smallest absolute Gasteiger partial charge is 0.408 e. The molecule has 4 N–H and O–H groups in total. The average Bonchev–Trinajstić information content (AvgIpc) is 3.42. The monoisotopic (exact) mass is 613 g/mol. The van der Waals surface area contributed by atoms with Crippen molar-refractivity contribution < 1.29 is 33.4 Å². The molecule has 1 aliphatic rings. The Morgan fingerprint density at radius 3 is 2.51 bits per heavy atom. The number of carbonyl (C=O) groups excluding carboxylic acids is 4. The van der Waals surface area contributed by atoms with E-state index < -0.39 is 35.7 Å². The van der Waals surface area contributed by atoms with Gasteiger partial charge in [0.15, 0.2) is 6.10 Å². The van der Waals surface area contributed by atoms with E-state index in [9.17, 15) is 19.2 Å². The second-order valence-electron chi connectivity index (χ2n) is 11.6. The predicted molar refractivity (Wildman–Crippen MR) is 165 cm³/mol. The first-order chi connectivity index (χ1) is 21.5. The van der Waals surface area contributed by atoms with Gasteiger partial charge in [0, 0.05) is 6.42 Å². The Morgan fingerprint density at radius 2 is 1.76 bits per heavy atom. The van der Waals surface area contributed by atoms with Crippen LogP contribution in [0.25, 0.3) is 11.0 Å². The number of alkyl carbamates (subject to hydrolysis) is 1. The Morgan fingerprint density at radius 1 is 1.00 bits per heavy atom. The third kappa shape index (κ3) is 8.59. The molecule has 5 rings (SSSR count). The summed E-state index contributed by atoms with van der Waals surface area (Å²) < 4.78 is 16.7. The van der Waals surface area contributed by atoms with Crippen molar-refractivity contribution in [3.05, 3.63) is 89.7 Å². The Labute approximate surface area is 259 Å². The van der Waals surface area contributed by atoms with E-state index in [0.717, 1.165) is 16.6 Å². The quantitative estimate of drug-likeness (QED) is 0.194. The van der Waals surface area contributed by atoms with E-state index in [1.807, 2.05) is 54.6 Å². The fourth-order valence-corrected chi connectivity index (χ4v) is 4.68. The molecule has 3 aromatic carbocycles. The number of nitrogens with one attached hydrogen (secondary N) is 4. The first-order valence-electron chi connectivity index (χ1n) is 14.5. The summed E-state index contributed by atoms with van der Waals surface area (Å²) in [4.78, 5) is 58.6. The number of imidazole rings is 1. The van der Waals surface area contributed by atoms with E-state index in [2.05, 4.69) is 25.9 Å². The Bertz CT molecular complexity index is 1660. The third-order valence-corrected chi connectivity index (χ3v) is 6.76. The number of anilines is 1. The highest BCUT2D eigenvalue weighted by Crippen LogP contribution is 2.32. The highest BCUT2D eigenvalue weighted by Gasteiger charge is 2.31. The van der Waals surface area contributed by atoms with Gasteiger partial charge < -0.3 is 35.1 Å². The number of carbonyl (C=O) groups is 4. The minimum absolute atomic E-state index is 0.0352. The second-order valence-corrected chi connectivity index (χ2v) is 11.6. The lowest BCUT2D eigenvalue weighted by molar-refractivity contribution is -0.147. The van der Waals surface area contributed by atoms with Crippen molar-refractivity contribution in [1.29, 1.82) is 0 Å². The molecule has 0 saturated carbocycles. The lowest BCUT2D eigenvalue weighted by atomic mass is 10.0. The van der Waals surface area contributed by atoms with Crippen LogP contribution in [0.3, 0.4) is 0 Å². The maximum atomic E-state index is 13.1. The molecule has 0 radical (unpaired) electrons. The molecule has 3 amide bonds. The summed E-state index contributed by atoms with van der Waals surface area (Å²) in [5, 5.41) is 8.14. The number of para-hydroxylation sites is 2. The number of hydrogen-bond acceptors (Lipinski definition) is 8. The first kappa shape index (κ1) is 31.0. The molecule has 2 atom stereocenters. The minimum atomic E-state index is -1.06. The number of nitrogens with zero attached hydrogens (tertiary/aromatic N) is 1. The maximum Gasteiger partial charge on any atom is 0.408 e. The van der Waals surface area contributed by atoms with E-state index in [1.54, 1.807) is 39.0 Å². The molecule has 0 bridgehead atoms. The van der Waals surface area contributed by atoms with Gasteiger partial charge in [-0.1, -0.05) is 48.5 Å². The molecular weight excluding hydrogens is 578 g/mol. The number of hydrogen-bond donors (Lipinski definition) is 4. The number of H-pyrrole nitrogens is 1. The molecule has 1 aliphatic heterocycles. The van der Waals surface area contributed by atoms with E-state index in [-0.39, 0.29) is 31.9 Å². The lowest BCUT2D eigenvalue weighted by Gasteiger charge is -2.26. The zero-order valence-electron chi connectivity index (χ0n) is 25.2. The summed E-state index contributed by atoms with van der Waals surface area (Å²) in [7, 11) is 0. The molecule has 2 heterocycles. The number of rotatable bonds is 10. The molecule has 0 aliphatic carbocycles. The molecule has 0 spiro atoms. The molecule has 234 valence electrons. The van der Waals surface area contributed by atoms with Crippen molar-refractivity contribution in [3.8, 4) is 5.75 Å². The zero-order valence-corrected chi connectivity index (χ0v) is 25.2. The van der Waals surface area contributed by atoms with E-state index in [0.29, 0.717) is 22.8 Å². The van der Waals surface area contributed by atoms with Crippen LogP contribution >= 0.6 is 0 Å². The average molecular weight is 614 g/mol. The highest BCUT2D eigenvalue weighted by atomic mass is 16.6. The van der Waals surface area contributed by atoms with Gasteiger partial charge in [-0.2, -0.15) is 0 Å². The van der Waals surface area contributed by atoms with Crippen molar-refractivity contribution >= 4 is 40.6 Å². The number of benzene rings is 3. The van der Waals surface area contributed by atoms with Crippen molar-refractivity contribution in [2.24, 2.45) is 0 Å². The number of amides is 3. The van der Waals surface area contributed by atoms with Crippen LogP contribution in [-0.2, 0) is 43.4 Å². The largest absolute Gasteiger partial charge is 0.478 e. The van der Waals surface area contributed by atoms with Crippen LogP contribution < -0.4 is 20.7 Å². The number of aromatic nitrogens is 2. The molecule has 1 aromatic heterocycles. The molecule has 12 nitrogen and oxygen atoms in total. The third-order valence-electron chi connectivity index (χ3n) is 6.76. The molecular formula is C33H35N5O7. The molecule has 1 unspecified atom stereocenters. The van der Waals surface area contributed by atoms with Crippen LogP contribution in [0, 0.1) is 0 Å². The molecule has 0 fully saturated rings. The van der Waals surface area contributed by atoms with Gasteiger partial charge in [0.25, 0.3) is 5.91 Å². The van der Waals surface area contributed by atoms with Gasteiger partial charge >= 0.3 is 12.1 Å². The summed E-state index contributed by atoms with van der Waals surface area (Å²) in [5.74, 6) is -0.530. The van der Waals surface area contributed by atoms with Crippen LogP contribution in [-0.4, -0.2) is 51.6 Å². The summed E-state index contributed by atoms with van der Waals surface area (Å²) in [6.07, 6.45) is -1.93. The van der Waals surface area contributed by atoms with Crippen LogP contribution in [0.1, 0.15) is 44.1 Å².